The van der Waals surface area contributed by atoms with Crippen molar-refractivity contribution in [3.05, 3.63) is 102 Å². The maximum absolute atomic E-state index is 14.0. The summed E-state index contributed by atoms with van der Waals surface area (Å²) in [6, 6.07) is 18.2. The van der Waals surface area contributed by atoms with Gasteiger partial charge in [0.1, 0.15) is 17.2 Å². The standard InChI is InChI=1S/C28H24F4N6O2/c1-2-36-26-23(22(16-33)35-38(26)21-9-4-3-5-10-21)37(20-13-11-19(29)12-14-20)24(27(36)40)34-25(39)17-7-6-8-18(15-17)28(30,31)32/h3-15,24H,2,16,33H2,1H3,(H,34,39). The molecule has 1 atom stereocenters. The van der Waals surface area contributed by atoms with Gasteiger partial charge in [-0.05, 0) is 61.5 Å². The number of carbonyl (C=O) groups is 2. The van der Waals surface area contributed by atoms with Crippen molar-refractivity contribution >= 4 is 29.0 Å². The van der Waals surface area contributed by atoms with E-state index in [-0.39, 0.29) is 18.7 Å². The molecular formula is C28H24F4N6O2. The van der Waals surface area contributed by atoms with Gasteiger partial charge in [-0.1, -0.05) is 24.3 Å². The highest BCUT2D eigenvalue weighted by molar-refractivity contribution is 6.09. The molecule has 8 nitrogen and oxygen atoms in total. The van der Waals surface area contributed by atoms with Gasteiger partial charge < -0.3 is 16.0 Å². The van der Waals surface area contributed by atoms with Crippen LogP contribution in [-0.4, -0.2) is 34.3 Å². The number of rotatable bonds is 6. The van der Waals surface area contributed by atoms with Gasteiger partial charge in [0.25, 0.3) is 11.8 Å². The molecule has 40 heavy (non-hydrogen) atoms. The predicted molar refractivity (Wildman–Crippen MR) is 141 cm³/mol. The molecule has 12 heteroatoms. The van der Waals surface area contributed by atoms with E-state index in [0.717, 1.165) is 12.1 Å². The summed E-state index contributed by atoms with van der Waals surface area (Å²) in [5.41, 5.74) is 6.57. The van der Waals surface area contributed by atoms with Crippen LogP contribution in [0.2, 0.25) is 0 Å². The van der Waals surface area contributed by atoms with Crippen LogP contribution < -0.4 is 20.9 Å². The number of amides is 2. The average Bonchev–Trinajstić information content (AvgIpc) is 3.33. The van der Waals surface area contributed by atoms with Gasteiger partial charge in [0, 0.05) is 24.3 Å². The molecule has 0 bridgehead atoms. The Morgan fingerprint density at radius 1 is 1.00 bits per heavy atom. The minimum absolute atomic E-state index is 0.0418. The molecule has 3 aromatic carbocycles. The summed E-state index contributed by atoms with van der Waals surface area (Å²) in [5, 5.41) is 7.25. The highest BCUT2D eigenvalue weighted by atomic mass is 19.4. The number of aromatic nitrogens is 2. The lowest BCUT2D eigenvalue weighted by Crippen LogP contribution is -2.60. The van der Waals surface area contributed by atoms with Gasteiger partial charge in [-0.25, -0.2) is 9.07 Å². The zero-order valence-corrected chi connectivity index (χ0v) is 21.2. The lowest BCUT2D eigenvalue weighted by atomic mass is 10.1. The Kier molecular flexibility index (Phi) is 7.03. The predicted octanol–water partition coefficient (Wildman–Crippen LogP) is 4.75. The van der Waals surface area contributed by atoms with E-state index >= 15 is 0 Å². The van der Waals surface area contributed by atoms with Crippen LogP contribution in [0.4, 0.5) is 34.8 Å². The number of hydrogen-bond acceptors (Lipinski definition) is 5. The molecule has 0 spiro atoms. The fraction of sp³-hybridized carbons (Fsp3) is 0.179. The SMILES string of the molecule is CCN1C(=O)C(NC(=O)c2cccc(C(F)(F)F)c2)N(c2ccc(F)cc2)c2c(CN)nn(-c3ccccc3)c21. The third-order valence-corrected chi connectivity index (χ3v) is 6.50. The Labute approximate surface area is 226 Å². The number of benzene rings is 3. The fourth-order valence-electron chi connectivity index (χ4n) is 4.67. The smallest absolute Gasteiger partial charge is 0.325 e. The molecule has 0 saturated carbocycles. The molecule has 0 fully saturated rings. The fourth-order valence-corrected chi connectivity index (χ4v) is 4.67. The largest absolute Gasteiger partial charge is 0.416 e. The van der Waals surface area contributed by atoms with Gasteiger partial charge in [0.2, 0.25) is 0 Å². The summed E-state index contributed by atoms with van der Waals surface area (Å²) >= 11 is 0. The van der Waals surface area contributed by atoms with Gasteiger partial charge >= 0.3 is 6.18 Å². The summed E-state index contributed by atoms with van der Waals surface area (Å²) in [6.45, 7) is 1.88. The van der Waals surface area contributed by atoms with Crippen molar-refractivity contribution in [3.8, 4) is 5.69 Å². The second kappa shape index (κ2) is 10.5. The number of carbonyl (C=O) groups excluding carboxylic acids is 2. The van der Waals surface area contributed by atoms with E-state index in [2.05, 4.69) is 10.4 Å². The second-order valence-electron chi connectivity index (χ2n) is 8.95. The summed E-state index contributed by atoms with van der Waals surface area (Å²) in [4.78, 5) is 30.2. The van der Waals surface area contributed by atoms with Gasteiger partial charge in [-0.3, -0.25) is 14.5 Å². The van der Waals surface area contributed by atoms with E-state index in [1.54, 1.807) is 23.7 Å². The Morgan fingerprint density at radius 2 is 1.70 bits per heavy atom. The van der Waals surface area contributed by atoms with Crippen LogP contribution in [0, 0.1) is 5.82 Å². The topological polar surface area (TPSA) is 96.5 Å². The van der Waals surface area contributed by atoms with E-state index in [1.165, 1.54) is 40.1 Å². The van der Waals surface area contributed by atoms with Crippen molar-refractivity contribution in [2.75, 3.05) is 16.3 Å². The summed E-state index contributed by atoms with van der Waals surface area (Å²) in [6.07, 6.45) is -6.06. The van der Waals surface area contributed by atoms with Gasteiger partial charge in [-0.15, -0.1) is 0 Å². The first-order chi connectivity index (χ1) is 19.1. The highest BCUT2D eigenvalue weighted by Gasteiger charge is 2.44. The number of para-hydroxylation sites is 1. The van der Waals surface area contributed by atoms with Crippen LogP contribution in [-0.2, 0) is 17.5 Å². The number of hydrogen-bond donors (Lipinski definition) is 2. The molecule has 0 radical (unpaired) electrons. The zero-order valence-electron chi connectivity index (χ0n) is 21.2. The summed E-state index contributed by atoms with van der Waals surface area (Å²) in [5.74, 6) is -1.61. The van der Waals surface area contributed by atoms with E-state index in [9.17, 15) is 27.2 Å². The number of nitrogens with zero attached hydrogens (tertiary/aromatic N) is 4. The van der Waals surface area contributed by atoms with Gasteiger partial charge in [-0.2, -0.15) is 18.3 Å². The maximum atomic E-state index is 14.0. The van der Waals surface area contributed by atoms with Gasteiger partial charge in [0.05, 0.1) is 11.3 Å². The second-order valence-corrected chi connectivity index (χ2v) is 8.95. The molecule has 2 amide bonds. The Hall–Kier alpha value is -4.71. The van der Waals surface area contributed by atoms with Gasteiger partial charge in [0.15, 0.2) is 12.0 Å². The van der Waals surface area contributed by atoms with Crippen LogP contribution in [0.5, 0.6) is 0 Å². The third kappa shape index (κ3) is 4.77. The van der Waals surface area contributed by atoms with Crippen molar-refractivity contribution in [1.82, 2.24) is 15.1 Å². The molecule has 206 valence electrons. The van der Waals surface area contributed by atoms with Crippen LogP contribution in [0.25, 0.3) is 5.69 Å². The summed E-state index contributed by atoms with van der Waals surface area (Å²) < 4.78 is 55.4. The van der Waals surface area contributed by atoms with E-state index < -0.39 is 35.5 Å². The quantitative estimate of drug-likeness (QED) is 0.337. The highest BCUT2D eigenvalue weighted by Crippen LogP contribution is 2.44. The van der Waals surface area contributed by atoms with Crippen LogP contribution in [0.3, 0.4) is 0 Å². The molecule has 5 rings (SSSR count). The molecule has 0 saturated heterocycles. The van der Waals surface area contributed by atoms with Crippen molar-refractivity contribution in [1.29, 1.82) is 0 Å². The molecule has 1 aliphatic rings. The van der Waals surface area contributed by atoms with Crippen LogP contribution in [0.1, 0.15) is 28.5 Å². The summed E-state index contributed by atoms with van der Waals surface area (Å²) in [7, 11) is 0. The first kappa shape index (κ1) is 26.9. The van der Waals surface area contributed by atoms with E-state index in [4.69, 9.17) is 5.73 Å². The van der Waals surface area contributed by atoms with E-state index in [1.807, 2.05) is 18.2 Å². The van der Waals surface area contributed by atoms with Crippen molar-refractivity contribution in [3.63, 3.8) is 0 Å². The number of halogens is 4. The molecule has 0 aliphatic carbocycles. The number of nitrogens with one attached hydrogen (secondary N) is 1. The Morgan fingerprint density at radius 3 is 2.33 bits per heavy atom. The maximum Gasteiger partial charge on any atom is 0.416 e. The normalized spacial score (nSPS) is 15.2. The molecule has 3 N–H and O–H groups in total. The van der Waals surface area contributed by atoms with Crippen molar-refractivity contribution in [2.45, 2.75) is 25.8 Å². The molecular weight excluding hydrogens is 528 g/mol. The monoisotopic (exact) mass is 552 g/mol. The van der Waals surface area contributed by atoms with E-state index in [0.29, 0.717) is 34.6 Å². The minimum atomic E-state index is -4.66. The Balaban J connectivity index is 1.67. The molecule has 1 unspecified atom stereocenters. The molecule has 4 aromatic rings. The number of alkyl halides is 3. The molecule has 1 aliphatic heterocycles. The van der Waals surface area contributed by atoms with Crippen molar-refractivity contribution < 1.29 is 27.2 Å². The lowest BCUT2D eigenvalue weighted by Gasteiger charge is -2.41. The first-order valence-electron chi connectivity index (χ1n) is 12.4. The number of nitrogens with two attached hydrogens (primary N) is 1. The van der Waals surface area contributed by atoms with Crippen LogP contribution >= 0.6 is 0 Å². The molecule has 2 heterocycles. The first-order valence-corrected chi connectivity index (χ1v) is 12.4. The van der Waals surface area contributed by atoms with Crippen LogP contribution in [0.15, 0.2) is 78.9 Å². The number of fused-ring (bicyclic) bond motifs is 1. The zero-order chi connectivity index (χ0) is 28.6. The minimum Gasteiger partial charge on any atom is -0.325 e. The number of likely N-dealkylation sites (N-methyl/N-ethyl adjacent to an activating group) is 1. The number of anilines is 3. The third-order valence-electron chi connectivity index (χ3n) is 6.50. The van der Waals surface area contributed by atoms with Crippen molar-refractivity contribution in [2.24, 2.45) is 5.73 Å². The Bertz CT molecular complexity index is 1550. The average molecular weight is 553 g/mol. The lowest BCUT2D eigenvalue weighted by molar-refractivity contribution is -0.137. The molecule has 1 aromatic heterocycles.